The molecule has 1 aliphatic heterocycles. The molecule has 0 N–H and O–H groups in total. The van der Waals surface area contributed by atoms with E-state index in [1.807, 2.05) is 67.6 Å². The number of halogens is 3. The maximum Gasteiger partial charge on any atom is 0.363 e. The SMILES string of the molecule is CCOc1cc(/C=C2\N=C(c3ccc(Br)cc3)OC2=O)cc(Br)c1OCc1ccccc1Br. The number of hydrogen-bond acceptors (Lipinski definition) is 5. The Morgan fingerprint density at radius 1 is 0.970 bits per heavy atom. The Morgan fingerprint density at radius 3 is 2.45 bits per heavy atom. The Morgan fingerprint density at radius 2 is 1.73 bits per heavy atom. The minimum absolute atomic E-state index is 0.212. The summed E-state index contributed by atoms with van der Waals surface area (Å²) in [5, 5.41) is 0. The van der Waals surface area contributed by atoms with Gasteiger partial charge in [0, 0.05) is 20.1 Å². The van der Waals surface area contributed by atoms with Crippen LogP contribution >= 0.6 is 47.8 Å². The van der Waals surface area contributed by atoms with E-state index in [9.17, 15) is 4.79 Å². The van der Waals surface area contributed by atoms with E-state index in [1.165, 1.54) is 0 Å². The van der Waals surface area contributed by atoms with Gasteiger partial charge in [-0.2, -0.15) is 0 Å². The predicted octanol–water partition coefficient (Wildman–Crippen LogP) is 7.30. The van der Waals surface area contributed by atoms with Gasteiger partial charge in [0.1, 0.15) is 6.61 Å². The van der Waals surface area contributed by atoms with Gasteiger partial charge in [0.05, 0.1) is 11.1 Å². The third-order valence-corrected chi connectivity index (χ3v) is 6.57. The average molecular weight is 636 g/mol. The second kappa shape index (κ2) is 10.7. The molecule has 1 heterocycles. The van der Waals surface area contributed by atoms with Crippen LogP contribution < -0.4 is 9.47 Å². The number of esters is 1. The van der Waals surface area contributed by atoms with Crippen LogP contribution in [-0.4, -0.2) is 18.5 Å². The van der Waals surface area contributed by atoms with E-state index >= 15 is 0 Å². The van der Waals surface area contributed by atoms with Crippen LogP contribution in [0.4, 0.5) is 0 Å². The maximum atomic E-state index is 12.4. The van der Waals surface area contributed by atoms with Crippen LogP contribution in [-0.2, 0) is 16.1 Å². The molecule has 8 heteroatoms. The summed E-state index contributed by atoms with van der Waals surface area (Å²) in [6.45, 7) is 2.74. The topological polar surface area (TPSA) is 57.1 Å². The second-order valence-corrected chi connectivity index (χ2v) is 9.61. The molecule has 0 saturated carbocycles. The molecule has 3 aromatic rings. The highest BCUT2D eigenvalue weighted by molar-refractivity contribution is 9.11. The summed E-state index contributed by atoms with van der Waals surface area (Å²) in [4.78, 5) is 16.8. The van der Waals surface area contributed by atoms with E-state index in [1.54, 1.807) is 6.08 Å². The zero-order chi connectivity index (χ0) is 23.4. The Kier molecular flexibility index (Phi) is 7.67. The fourth-order valence-corrected chi connectivity index (χ4v) is 4.36. The van der Waals surface area contributed by atoms with E-state index in [-0.39, 0.29) is 11.6 Å². The van der Waals surface area contributed by atoms with Gasteiger partial charge in [0.25, 0.3) is 0 Å². The molecule has 0 aromatic heterocycles. The minimum Gasteiger partial charge on any atom is -0.490 e. The molecule has 0 radical (unpaired) electrons. The van der Waals surface area contributed by atoms with Gasteiger partial charge in [-0.15, -0.1) is 0 Å². The van der Waals surface area contributed by atoms with Crippen molar-refractivity contribution < 1.29 is 19.0 Å². The fraction of sp³-hybridized carbons (Fsp3) is 0.120. The Bertz CT molecular complexity index is 1250. The summed E-state index contributed by atoms with van der Waals surface area (Å²) in [7, 11) is 0. The Labute approximate surface area is 216 Å². The smallest absolute Gasteiger partial charge is 0.363 e. The number of cyclic esters (lactones) is 1. The molecule has 0 amide bonds. The van der Waals surface area contributed by atoms with Gasteiger partial charge in [-0.1, -0.05) is 50.1 Å². The third kappa shape index (κ3) is 5.75. The lowest BCUT2D eigenvalue weighted by atomic mass is 10.1. The fourth-order valence-electron chi connectivity index (χ4n) is 3.12. The van der Waals surface area contributed by atoms with E-state index < -0.39 is 5.97 Å². The highest BCUT2D eigenvalue weighted by Crippen LogP contribution is 2.38. The molecule has 0 unspecified atom stereocenters. The summed E-state index contributed by atoms with van der Waals surface area (Å²) < 4.78 is 19.9. The van der Waals surface area contributed by atoms with Crippen molar-refractivity contribution in [1.82, 2.24) is 0 Å². The maximum absolute atomic E-state index is 12.4. The van der Waals surface area contributed by atoms with Crippen LogP contribution in [0.3, 0.4) is 0 Å². The van der Waals surface area contributed by atoms with E-state index in [2.05, 4.69) is 52.8 Å². The number of ether oxygens (including phenoxy) is 3. The molecule has 168 valence electrons. The Balaban J connectivity index is 1.61. The van der Waals surface area contributed by atoms with Gasteiger partial charge in [-0.25, -0.2) is 9.79 Å². The Hall–Kier alpha value is -2.42. The predicted molar refractivity (Wildman–Crippen MR) is 139 cm³/mol. The van der Waals surface area contributed by atoms with Crippen LogP contribution in [0.2, 0.25) is 0 Å². The number of carbonyl (C=O) groups is 1. The summed E-state index contributed by atoms with van der Waals surface area (Å²) in [6, 6.07) is 18.9. The van der Waals surface area contributed by atoms with Crippen molar-refractivity contribution in [2.75, 3.05) is 6.61 Å². The van der Waals surface area contributed by atoms with Crippen molar-refractivity contribution in [2.24, 2.45) is 4.99 Å². The molecule has 0 aliphatic carbocycles. The molecule has 4 rings (SSSR count). The van der Waals surface area contributed by atoms with Crippen LogP contribution in [0.25, 0.3) is 6.08 Å². The van der Waals surface area contributed by atoms with Crippen molar-refractivity contribution in [3.63, 3.8) is 0 Å². The monoisotopic (exact) mass is 633 g/mol. The standard InChI is InChI=1S/C25H18Br3NO4/c1-2-31-22-13-15(11-20(28)23(22)32-14-17-5-3-4-6-19(17)27)12-21-25(30)33-24(29-21)16-7-9-18(26)10-8-16/h3-13H,2,14H2,1H3/b21-12-. The number of rotatable bonds is 7. The first-order valence-corrected chi connectivity index (χ1v) is 12.4. The van der Waals surface area contributed by atoms with Gasteiger partial charge in [-0.3, -0.25) is 0 Å². The van der Waals surface area contributed by atoms with Crippen molar-refractivity contribution >= 4 is 65.7 Å². The summed E-state index contributed by atoms with van der Waals surface area (Å²) in [5.41, 5.74) is 2.68. The van der Waals surface area contributed by atoms with E-state index in [4.69, 9.17) is 14.2 Å². The minimum atomic E-state index is -0.503. The molecule has 0 atom stereocenters. The van der Waals surface area contributed by atoms with Crippen LogP contribution in [0.1, 0.15) is 23.6 Å². The number of nitrogens with zero attached hydrogens (tertiary/aromatic N) is 1. The molecule has 3 aromatic carbocycles. The molecule has 0 saturated heterocycles. The van der Waals surface area contributed by atoms with Crippen LogP contribution in [0.5, 0.6) is 11.5 Å². The summed E-state index contributed by atoms with van der Waals surface area (Å²) in [5.74, 6) is 0.921. The number of aliphatic imine (C=N–C) groups is 1. The lowest BCUT2D eigenvalue weighted by molar-refractivity contribution is -0.129. The first-order valence-electron chi connectivity index (χ1n) is 10.1. The quantitative estimate of drug-likeness (QED) is 0.202. The van der Waals surface area contributed by atoms with Gasteiger partial charge >= 0.3 is 5.97 Å². The number of benzene rings is 3. The van der Waals surface area contributed by atoms with Crippen molar-refractivity contribution in [3.8, 4) is 11.5 Å². The normalized spacial score (nSPS) is 14.2. The number of carbonyl (C=O) groups excluding carboxylic acids is 1. The summed E-state index contributed by atoms with van der Waals surface area (Å²) >= 11 is 10.5. The van der Waals surface area contributed by atoms with Gasteiger partial charge in [-0.05, 0) is 77.0 Å². The summed E-state index contributed by atoms with van der Waals surface area (Å²) in [6.07, 6.45) is 1.67. The van der Waals surface area contributed by atoms with Crippen molar-refractivity contribution in [1.29, 1.82) is 0 Å². The highest BCUT2D eigenvalue weighted by atomic mass is 79.9. The zero-order valence-electron chi connectivity index (χ0n) is 17.5. The van der Waals surface area contributed by atoms with E-state index in [0.717, 1.165) is 25.6 Å². The van der Waals surface area contributed by atoms with Gasteiger partial charge in [0.2, 0.25) is 5.90 Å². The lowest BCUT2D eigenvalue weighted by Crippen LogP contribution is -2.05. The van der Waals surface area contributed by atoms with E-state index in [0.29, 0.717) is 29.2 Å². The second-order valence-electron chi connectivity index (χ2n) is 6.99. The highest BCUT2D eigenvalue weighted by Gasteiger charge is 2.24. The molecular weight excluding hydrogens is 618 g/mol. The third-order valence-electron chi connectivity index (χ3n) is 4.68. The number of hydrogen-bond donors (Lipinski definition) is 0. The van der Waals surface area contributed by atoms with Crippen LogP contribution in [0, 0.1) is 0 Å². The average Bonchev–Trinajstić information content (AvgIpc) is 3.15. The molecule has 5 nitrogen and oxygen atoms in total. The molecule has 0 bridgehead atoms. The molecule has 0 fully saturated rings. The van der Waals surface area contributed by atoms with Gasteiger partial charge in [0.15, 0.2) is 17.2 Å². The van der Waals surface area contributed by atoms with Crippen molar-refractivity contribution in [3.05, 3.63) is 96.5 Å². The van der Waals surface area contributed by atoms with Crippen molar-refractivity contribution in [2.45, 2.75) is 13.5 Å². The molecular formula is C25H18Br3NO4. The zero-order valence-corrected chi connectivity index (χ0v) is 22.2. The first kappa shape index (κ1) is 23.7. The molecule has 0 spiro atoms. The van der Waals surface area contributed by atoms with Gasteiger partial charge < -0.3 is 14.2 Å². The largest absolute Gasteiger partial charge is 0.490 e. The molecule has 33 heavy (non-hydrogen) atoms. The molecule has 1 aliphatic rings. The lowest BCUT2D eigenvalue weighted by Gasteiger charge is -2.15. The first-order chi connectivity index (χ1) is 15.9. The van der Waals surface area contributed by atoms with Crippen LogP contribution in [0.15, 0.2) is 84.8 Å².